The molecular weight excluding hydrogens is 422 g/mol. The number of benzene rings is 1. The van der Waals surface area contributed by atoms with Crippen LogP contribution in [0.1, 0.15) is 6.92 Å². The highest BCUT2D eigenvalue weighted by atomic mass is 35.5. The highest BCUT2D eigenvalue weighted by Gasteiger charge is 2.73. The van der Waals surface area contributed by atoms with E-state index in [-0.39, 0.29) is 11.8 Å². The lowest BCUT2D eigenvalue weighted by Crippen LogP contribution is -2.53. The topological polar surface area (TPSA) is 42.6 Å². The average molecular weight is 437 g/mol. The molecule has 156 valence electrons. The molecule has 1 aliphatic heterocycles. The molecule has 0 radical (unpaired) electrons. The summed E-state index contributed by atoms with van der Waals surface area (Å²) in [6.07, 6.45) is -10.6. The number of halogens is 7. The molecule has 1 aliphatic rings. The molecule has 0 bridgehead atoms. The Bertz CT molecular complexity index is 890. The Balaban J connectivity index is 2.93. The lowest BCUT2D eigenvalue weighted by Gasteiger charge is -2.41. The van der Waals surface area contributed by atoms with Crippen LogP contribution in [0.25, 0.3) is 0 Å². The van der Waals surface area contributed by atoms with E-state index in [0.29, 0.717) is 5.02 Å². The van der Waals surface area contributed by atoms with E-state index >= 15 is 0 Å². The van der Waals surface area contributed by atoms with Crippen molar-refractivity contribution in [1.82, 2.24) is 4.90 Å². The maximum atomic E-state index is 13.8. The number of aliphatic imine (C=N–C) groups is 1. The number of nitriles is 1. The fourth-order valence-corrected chi connectivity index (χ4v) is 2.99. The molecule has 29 heavy (non-hydrogen) atoms. The average Bonchev–Trinajstić information content (AvgIpc) is 2.58. The normalized spacial score (nSPS) is 17.4. The maximum Gasteiger partial charge on any atom is 0.411 e. The van der Waals surface area contributed by atoms with E-state index in [1.807, 2.05) is 0 Å². The van der Waals surface area contributed by atoms with Gasteiger partial charge in [-0.1, -0.05) is 11.6 Å². The molecule has 0 fully saturated rings. The Kier molecular flexibility index (Phi) is 5.95. The van der Waals surface area contributed by atoms with Crippen molar-refractivity contribution in [1.29, 1.82) is 5.26 Å². The van der Waals surface area contributed by atoms with Gasteiger partial charge < -0.3 is 4.90 Å². The van der Waals surface area contributed by atoms with Crippen molar-refractivity contribution in [3.05, 3.63) is 52.5 Å². The van der Waals surface area contributed by atoms with Crippen LogP contribution in [-0.4, -0.2) is 37.7 Å². The molecule has 0 saturated carbocycles. The molecule has 0 unspecified atom stereocenters. The highest BCUT2D eigenvalue weighted by Crippen LogP contribution is 2.59. The molecule has 4 nitrogen and oxygen atoms in total. The number of hydrogen-bond donors (Lipinski definition) is 0. The van der Waals surface area contributed by atoms with Crippen molar-refractivity contribution >= 4 is 23.6 Å². The Morgan fingerprint density at radius 3 is 2.03 bits per heavy atom. The second kappa shape index (κ2) is 7.63. The van der Waals surface area contributed by atoms with Crippen LogP contribution in [0.2, 0.25) is 5.02 Å². The van der Waals surface area contributed by atoms with Gasteiger partial charge in [0, 0.05) is 30.5 Å². The summed E-state index contributed by atoms with van der Waals surface area (Å²) in [4.78, 5) is 6.16. The quantitative estimate of drug-likeness (QED) is 0.357. The minimum absolute atomic E-state index is 0.00877. The van der Waals surface area contributed by atoms with Gasteiger partial charge in [0.2, 0.25) is 5.41 Å². The molecule has 11 heteroatoms. The number of allylic oxidation sites excluding steroid dienone is 3. The molecule has 0 aliphatic carbocycles. The first kappa shape index (κ1) is 22.6. The molecule has 1 aromatic rings. The summed E-state index contributed by atoms with van der Waals surface area (Å²) >= 11 is 5.82. The second-order valence-corrected chi connectivity index (χ2v) is 6.86. The van der Waals surface area contributed by atoms with Crippen LogP contribution in [0.3, 0.4) is 0 Å². The second-order valence-electron chi connectivity index (χ2n) is 6.42. The van der Waals surface area contributed by atoms with Gasteiger partial charge in [-0.15, -0.1) is 0 Å². The van der Waals surface area contributed by atoms with Crippen LogP contribution < -0.4 is 4.90 Å². The summed E-state index contributed by atoms with van der Waals surface area (Å²) < 4.78 is 82.9. The predicted octanol–water partition coefficient (Wildman–Crippen LogP) is 5.50. The smallest absolute Gasteiger partial charge is 0.369 e. The van der Waals surface area contributed by atoms with Crippen molar-refractivity contribution < 1.29 is 26.3 Å². The minimum Gasteiger partial charge on any atom is -0.369 e. The Morgan fingerprint density at radius 2 is 1.62 bits per heavy atom. The van der Waals surface area contributed by atoms with Crippen molar-refractivity contribution in [2.75, 3.05) is 19.0 Å². The van der Waals surface area contributed by atoms with Crippen LogP contribution in [0.5, 0.6) is 0 Å². The summed E-state index contributed by atoms with van der Waals surface area (Å²) in [7, 11) is 2.96. The van der Waals surface area contributed by atoms with E-state index < -0.39 is 34.9 Å². The molecule has 0 amide bonds. The molecule has 0 atom stereocenters. The van der Waals surface area contributed by atoms with Gasteiger partial charge in [0.1, 0.15) is 11.6 Å². The summed E-state index contributed by atoms with van der Waals surface area (Å²) in [6.45, 7) is 1.08. The highest BCUT2D eigenvalue weighted by molar-refractivity contribution is 6.30. The maximum absolute atomic E-state index is 13.8. The fraction of sp³-hybridized carbons (Fsp3) is 0.333. The van der Waals surface area contributed by atoms with Gasteiger partial charge in [0.05, 0.1) is 6.34 Å². The van der Waals surface area contributed by atoms with Gasteiger partial charge in [-0.3, -0.25) is 4.90 Å². The van der Waals surface area contributed by atoms with E-state index in [0.717, 1.165) is 24.2 Å². The lowest BCUT2D eigenvalue weighted by atomic mass is 9.75. The van der Waals surface area contributed by atoms with E-state index in [9.17, 15) is 31.6 Å². The third-order valence-corrected chi connectivity index (χ3v) is 4.36. The zero-order chi connectivity index (χ0) is 22.2. The minimum atomic E-state index is -5.82. The van der Waals surface area contributed by atoms with E-state index in [2.05, 4.69) is 4.99 Å². The summed E-state index contributed by atoms with van der Waals surface area (Å²) in [5.74, 6) is -0.779. The molecule has 2 rings (SSSR count). The first-order valence-corrected chi connectivity index (χ1v) is 8.38. The number of rotatable bonds is 3. The van der Waals surface area contributed by atoms with E-state index in [1.165, 1.54) is 43.3 Å². The molecule has 0 N–H and O–H groups in total. The molecular formula is C18H15ClF6N4. The molecule has 0 aromatic heterocycles. The van der Waals surface area contributed by atoms with E-state index in [4.69, 9.17) is 11.6 Å². The number of nitrogens with zero attached hydrogens (tertiary/aromatic N) is 4. The summed E-state index contributed by atoms with van der Waals surface area (Å²) in [5, 5.41) is 9.73. The Labute approximate surface area is 168 Å². The molecule has 1 heterocycles. The van der Waals surface area contributed by atoms with Crippen LogP contribution in [-0.2, 0) is 0 Å². The number of hydrogen-bond acceptors (Lipinski definition) is 3. The first-order chi connectivity index (χ1) is 13.3. The van der Waals surface area contributed by atoms with Crippen molar-refractivity contribution in [2.45, 2.75) is 19.3 Å². The fourth-order valence-electron chi connectivity index (χ4n) is 2.86. The third kappa shape index (κ3) is 3.92. The zero-order valence-corrected chi connectivity index (χ0v) is 16.2. The standard InChI is InChI=1S/C18H15ClF6N4/c1-11-8-16(17(20,21)22,18(23,24)25)14(9-26)15(27-10-28(2)3)29(11)13-6-4-12(19)5-7-13/h4-8,10H,1-3H3. The van der Waals surface area contributed by atoms with Gasteiger partial charge in [-0.2, -0.15) is 31.6 Å². The summed E-state index contributed by atoms with van der Waals surface area (Å²) in [6, 6.07) is 6.73. The van der Waals surface area contributed by atoms with E-state index in [1.54, 1.807) is 0 Å². The molecule has 0 saturated heterocycles. The van der Waals surface area contributed by atoms with Crippen LogP contribution in [0, 0.1) is 16.7 Å². The summed E-state index contributed by atoms with van der Waals surface area (Å²) in [5.41, 5.74) is -6.26. The molecule has 0 spiro atoms. The SMILES string of the molecule is CC1=CC(C(F)(F)F)(C(F)(F)F)C(C#N)=C(N=CN(C)C)N1c1ccc(Cl)cc1. The van der Waals surface area contributed by atoms with Gasteiger partial charge in [0.15, 0.2) is 5.82 Å². The molecule has 1 aromatic carbocycles. The van der Waals surface area contributed by atoms with Crippen molar-refractivity contribution in [2.24, 2.45) is 10.4 Å². The van der Waals surface area contributed by atoms with Crippen molar-refractivity contribution in [3.63, 3.8) is 0 Å². The Morgan fingerprint density at radius 1 is 1.10 bits per heavy atom. The van der Waals surface area contributed by atoms with Gasteiger partial charge in [0.25, 0.3) is 0 Å². The zero-order valence-electron chi connectivity index (χ0n) is 15.4. The number of alkyl halides is 6. The number of anilines is 1. The lowest BCUT2D eigenvalue weighted by molar-refractivity contribution is -0.306. The van der Waals surface area contributed by atoms with Gasteiger partial charge >= 0.3 is 12.4 Å². The monoisotopic (exact) mass is 436 g/mol. The predicted molar refractivity (Wildman–Crippen MR) is 97.0 cm³/mol. The van der Waals surface area contributed by atoms with Crippen LogP contribution in [0.15, 0.2) is 52.4 Å². The van der Waals surface area contributed by atoms with Gasteiger partial charge in [-0.25, -0.2) is 4.99 Å². The van der Waals surface area contributed by atoms with Crippen LogP contribution >= 0.6 is 11.6 Å². The largest absolute Gasteiger partial charge is 0.411 e. The van der Waals surface area contributed by atoms with Crippen LogP contribution in [0.4, 0.5) is 32.0 Å². The van der Waals surface area contributed by atoms with Crippen molar-refractivity contribution in [3.8, 4) is 6.07 Å². The first-order valence-electron chi connectivity index (χ1n) is 8.00. The Hall–Kier alpha value is -2.67. The third-order valence-electron chi connectivity index (χ3n) is 4.11. The van der Waals surface area contributed by atoms with Gasteiger partial charge in [-0.05, 0) is 37.3 Å².